The van der Waals surface area contributed by atoms with Gasteiger partial charge in [-0.15, -0.1) is 0 Å². The highest BCUT2D eigenvalue weighted by Gasteiger charge is 2.21. The molecule has 1 unspecified atom stereocenters. The first-order chi connectivity index (χ1) is 10.2. The van der Waals surface area contributed by atoms with Crippen molar-refractivity contribution < 1.29 is 33.6 Å². The van der Waals surface area contributed by atoms with Crippen molar-refractivity contribution in [3.05, 3.63) is 0 Å². The molecule has 0 aliphatic carbocycles. The summed E-state index contributed by atoms with van der Waals surface area (Å²) >= 11 is 0. The third kappa shape index (κ3) is 12.2. The molecule has 1 atom stereocenters. The van der Waals surface area contributed by atoms with Crippen molar-refractivity contribution in [2.24, 2.45) is 0 Å². The monoisotopic (exact) mass is 305 g/mol. The minimum atomic E-state index is -0.979. The smallest absolute Gasteiger partial charge is 0.303 e. The van der Waals surface area contributed by atoms with E-state index in [1.54, 1.807) is 0 Å². The molecule has 0 aromatic rings. The number of amides is 1. The van der Waals surface area contributed by atoms with E-state index in [9.17, 15) is 9.59 Å². The number of aliphatic carboxylic acids is 1. The first kappa shape index (κ1) is 17.8. The van der Waals surface area contributed by atoms with E-state index < -0.39 is 5.97 Å². The maximum absolute atomic E-state index is 11.2. The summed E-state index contributed by atoms with van der Waals surface area (Å²) in [5.74, 6) is -1.26. The van der Waals surface area contributed by atoms with Crippen LogP contribution in [0.5, 0.6) is 0 Å². The molecule has 0 spiro atoms. The zero-order valence-corrected chi connectivity index (χ0v) is 12.0. The van der Waals surface area contributed by atoms with Crippen molar-refractivity contribution in [1.29, 1.82) is 0 Å². The lowest BCUT2D eigenvalue weighted by atomic mass is 10.3. The van der Waals surface area contributed by atoms with E-state index in [0.717, 1.165) is 6.61 Å². The molecular weight excluding hydrogens is 282 g/mol. The van der Waals surface area contributed by atoms with E-state index in [0.29, 0.717) is 46.2 Å². The summed E-state index contributed by atoms with van der Waals surface area (Å²) in [7, 11) is 0. The number of ether oxygens (including phenoxy) is 4. The molecule has 0 bridgehead atoms. The Hall–Kier alpha value is -1.22. The number of carbonyl (C=O) groups is 2. The fourth-order valence-corrected chi connectivity index (χ4v) is 1.39. The molecule has 0 aromatic heterocycles. The first-order valence-corrected chi connectivity index (χ1v) is 7.02. The minimum Gasteiger partial charge on any atom is -0.481 e. The molecule has 1 heterocycles. The Bertz CT molecular complexity index is 307. The normalized spacial score (nSPS) is 16.7. The molecule has 8 heteroatoms. The van der Waals surface area contributed by atoms with E-state index in [1.165, 1.54) is 0 Å². The standard InChI is InChI=1S/C13H23NO7/c15-12(1-2-13(16)17)14-3-4-18-5-6-19-7-8-20-9-11-10-21-11/h11H,1-10H2,(H,14,15)(H,16,17). The predicted molar refractivity (Wildman–Crippen MR) is 72.1 cm³/mol. The zero-order valence-electron chi connectivity index (χ0n) is 12.0. The molecule has 1 fully saturated rings. The lowest BCUT2D eigenvalue weighted by Crippen LogP contribution is -2.27. The van der Waals surface area contributed by atoms with E-state index in [2.05, 4.69) is 5.32 Å². The van der Waals surface area contributed by atoms with Gasteiger partial charge in [-0.3, -0.25) is 9.59 Å². The van der Waals surface area contributed by atoms with E-state index in [4.69, 9.17) is 24.1 Å². The second kappa shape index (κ2) is 11.4. The van der Waals surface area contributed by atoms with E-state index in [-0.39, 0.29) is 24.9 Å². The number of hydrogen-bond acceptors (Lipinski definition) is 6. The average Bonchev–Trinajstić information content (AvgIpc) is 3.26. The molecule has 122 valence electrons. The van der Waals surface area contributed by atoms with Crippen molar-refractivity contribution in [3.8, 4) is 0 Å². The van der Waals surface area contributed by atoms with Gasteiger partial charge in [0, 0.05) is 13.0 Å². The molecule has 1 amide bonds. The van der Waals surface area contributed by atoms with Crippen LogP contribution in [0.25, 0.3) is 0 Å². The van der Waals surface area contributed by atoms with Gasteiger partial charge in [-0.1, -0.05) is 0 Å². The fourth-order valence-electron chi connectivity index (χ4n) is 1.39. The second-order valence-corrected chi connectivity index (χ2v) is 4.50. The zero-order chi connectivity index (χ0) is 15.3. The highest BCUT2D eigenvalue weighted by molar-refractivity contribution is 5.80. The average molecular weight is 305 g/mol. The summed E-state index contributed by atoms with van der Waals surface area (Å²) < 4.78 is 20.8. The number of hydrogen-bond donors (Lipinski definition) is 2. The van der Waals surface area contributed by atoms with Crippen LogP contribution < -0.4 is 5.32 Å². The van der Waals surface area contributed by atoms with Gasteiger partial charge in [-0.2, -0.15) is 0 Å². The Morgan fingerprint density at radius 3 is 2.29 bits per heavy atom. The molecule has 0 saturated carbocycles. The van der Waals surface area contributed by atoms with Crippen LogP contribution >= 0.6 is 0 Å². The summed E-state index contributed by atoms with van der Waals surface area (Å²) in [6, 6.07) is 0. The molecule has 2 N–H and O–H groups in total. The van der Waals surface area contributed by atoms with Gasteiger partial charge >= 0.3 is 5.97 Å². The molecule has 1 saturated heterocycles. The van der Waals surface area contributed by atoms with Crippen LogP contribution in [0, 0.1) is 0 Å². The number of carboxylic acid groups (broad SMARTS) is 1. The van der Waals surface area contributed by atoms with Gasteiger partial charge in [0.05, 0.1) is 52.7 Å². The lowest BCUT2D eigenvalue weighted by molar-refractivity contribution is -0.138. The molecule has 0 aromatic carbocycles. The second-order valence-electron chi connectivity index (χ2n) is 4.50. The summed E-state index contributed by atoms with van der Waals surface area (Å²) in [5.41, 5.74) is 0. The quantitative estimate of drug-likeness (QED) is 0.326. The summed E-state index contributed by atoms with van der Waals surface area (Å²) in [6.07, 6.45) is 0.110. The Morgan fingerprint density at radius 1 is 1.05 bits per heavy atom. The van der Waals surface area contributed by atoms with Crippen molar-refractivity contribution >= 4 is 11.9 Å². The van der Waals surface area contributed by atoms with Crippen LogP contribution in [0.4, 0.5) is 0 Å². The Balaban J connectivity index is 1.71. The van der Waals surface area contributed by atoms with Crippen molar-refractivity contribution in [3.63, 3.8) is 0 Å². The fraction of sp³-hybridized carbons (Fsp3) is 0.846. The summed E-state index contributed by atoms with van der Waals surface area (Å²) in [4.78, 5) is 21.4. The highest BCUT2D eigenvalue weighted by Crippen LogP contribution is 2.07. The maximum atomic E-state index is 11.2. The molecule has 1 rings (SSSR count). The van der Waals surface area contributed by atoms with Gasteiger partial charge in [-0.25, -0.2) is 0 Å². The maximum Gasteiger partial charge on any atom is 0.303 e. The van der Waals surface area contributed by atoms with E-state index >= 15 is 0 Å². The van der Waals surface area contributed by atoms with Crippen LogP contribution in [-0.2, 0) is 28.5 Å². The number of epoxide rings is 1. The Morgan fingerprint density at radius 2 is 1.67 bits per heavy atom. The van der Waals surface area contributed by atoms with Gasteiger partial charge < -0.3 is 29.4 Å². The first-order valence-electron chi connectivity index (χ1n) is 7.02. The topological polar surface area (TPSA) is 107 Å². The lowest BCUT2D eigenvalue weighted by Gasteiger charge is -2.07. The molecule has 21 heavy (non-hydrogen) atoms. The number of nitrogens with one attached hydrogen (secondary N) is 1. The molecular formula is C13H23NO7. The Kier molecular flexibility index (Phi) is 9.71. The highest BCUT2D eigenvalue weighted by atomic mass is 16.6. The SMILES string of the molecule is O=C(O)CCC(=O)NCCOCCOCCOCC1CO1. The third-order valence-electron chi connectivity index (χ3n) is 2.58. The van der Waals surface area contributed by atoms with Crippen molar-refractivity contribution in [1.82, 2.24) is 5.32 Å². The van der Waals surface area contributed by atoms with Crippen LogP contribution in [-0.4, -0.2) is 75.9 Å². The van der Waals surface area contributed by atoms with Crippen LogP contribution in [0.15, 0.2) is 0 Å². The third-order valence-corrected chi connectivity index (χ3v) is 2.58. The molecule has 1 aliphatic rings. The summed E-state index contributed by atoms with van der Waals surface area (Å²) in [6.45, 7) is 4.12. The molecule has 8 nitrogen and oxygen atoms in total. The largest absolute Gasteiger partial charge is 0.481 e. The number of rotatable bonds is 14. The van der Waals surface area contributed by atoms with E-state index in [1.807, 2.05) is 0 Å². The predicted octanol–water partition coefficient (Wildman–Crippen LogP) is -0.584. The Labute approximate surface area is 123 Å². The van der Waals surface area contributed by atoms with Gasteiger partial charge in [0.15, 0.2) is 0 Å². The molecule has 0 radical (unpaired) electrons. The summed E-state index contributed by atoms with van der Waals surface area (Å²) in [5, 5.41) is 11.0. The minimum absolute atomic E-state index is 0.00958. The number of carboxylic acids is 1. The van der Waals surface area contributed by atoms with Crippen molar-refractivity contribution in [2.75, 3.05) is 52.8 Å². The van der Waals surface area contributed by atoms with Crippen LogP contribution in [0.2, 0.25) is 0 Å². The van der Waals surface area contributed by atoms with Gasteiger partial charge in [0.2, 0.25) is 5.91 Å². The van der Waals surface area contributed by atoms with Crippen LogP contribution in [0.3, 0.4) is 0 Å². The van der Waals surface area contributed by atoms with Gasteiger partial charge in [0.25, 0.3) is 0 Å². The van der Waals surface area contributed by atoms with Crippen LogP contribution in [0.1, 0.15) is 12.8 Å². The van der Waals surface area contributed by atoms with Gasteiger partial charge in [0.1, 0.15) is 6.10 Å². The number of carbonyl (C=O) groups excluding carboxylic acids is 1. The molecule has 1 aliphatic heterocycles. The van der Waals surface area contributed by atoms with Gasteiger partial charge in [-0.05, 0) is 0 Å². The van der Waals surface area contributed by atoms with Crippen molar-refractivity contribution in [2.45, 2.75) is 18.9 Å².